The molecule has 0 spiro atoms. The van der Waals surface area contributed by atoms with Crippen LogP contribution in [0.3, 0.4) is 0 Å². The van der Waals surface area contributed by atoms with Crippen LogP contribution < -0.4 is 11.1 Å². The van der Waals surface area contributed by atoms with E-state index < -0.39 is 0 Å². The van der Waals surface area contributed by atoms with Crippen LogP contribution in [-0.4, -0.2) is 42.5 Å². The van der Waals surface area contributed by atoms with Crippen LogP contribution in [0.25, 0.3) is 0 Å². The molecule has 5 nitrogen and oxygen atoms in total. The number of pyridine rings is 1. The molecule has 0 bridgehead atoms. The monoisotopic (exact) mass is 250 g/mol. The lowest BCUT2D eigenvalue weighted by Gasteiger charge is -2.28. The Bertz CT molecular complexity index is 396. The molecule has 1 atom stereocenters. The summed E-state index contributed by atoms with van der Waals surface area (Å²) in [6, 6.07) is 3.68. The Morgan fingerprint density at radius 1 is 1.50 bits per heavy atom. The fraction of sp³-hybridized carbons (Fsp3) is 0.538. The van der Waals surface area contributed by atoms with Gasteiger partial charge in [0.1, 0.15) is 0 Å². The van der Waals surface area contributed by atoms with Crippen molar-refractivity contribution in [2.24, 2.45) is 5.92 Å². The zero-order valence-electron chi connectivity index (χ0n) is 11.5. The van der Waals surface area contributed by atoms with Crippen molar-refractivity contribution in [2.75, 3.05) is 26.4 Å². The fourth-order valence-electron chi connectivity index (χ4n) is 1.90. The van der Waals surface area contributed by atoms with Gasteiger partial charge in [-0.15, -0.1) is 0 Å². The minimum atomic E-state index is -0.222. The maximum Gasteiger partial charge on any atom is 0.272 e. The molecule has 3 N–H and O–H groups in total. The van der Waals surface area contributed by atoms with Gasteiger partial charge < -0.3 is 16.0 Å². The van der Waals surface area contributed by atoms with E-state index in [9.17, 15) is 4.79 Å². The second-order valence-corrected chi connectivity index (χ2v) is 4.93. The maximum absolute atomic E-state index is 11.9. The second kappa shape index (κ2) is 6.35. The molecular weight excluding hydrogens is 228 g/mol. The predicted molar refractivity (Wildman–Crippen MR) is 73.3 cm³/mol. The Morgan fingerprint density at radius 2 is 2.17 bits per heavy atom. The van der Waals surface area contributed by atoms with Crippen molar-refractivity contribution in [2.45, 2.75) is 19.9 Å². The van der Waals surface area contributed by atoms with Crippen LogP contribution in [0.1, 0.15) is 24.3 Å². The summed E-state index contributed by atoms with van der Waals surface area (Å²) in [6.45, 7) is 4.84. The minimum absolute atomic E-state index is 0.222. The first-order valence-electron chi connectivity index (χ1n) is 6.08. The largest absolute Gasteiger partial charge is 0.397 e. The normalized spacial score (nSPS) is 12.8. The van der Waals surface area contributed by atoms with Crippen LogP contribution >= 0.6 is 0 Å². The average Bonchev–Trinajstić information content (AvgIpc) is 2.28. The Morgan fingerprint density at radius 3 is 2.67 bits per heavy atom. The van der Waals surface area contributed by atoms with Crippen LogP contribution in [0.4, 0.5) is 5.69 Å². The van der Waals surface area contributed by atoms with E-state index in [0.717, 1.165) is 0 Å². The molecule has 5 heteroatoms. The van der Waals surface area contributed by atoms with Crippen molar-refractivity contribution in [1.29, 1.82) is 0 Å². The SMILES string of the molecule is CC(C)C(CNC(=O)c1ncccc1N)N(C)C. The van der Waals surface area contributed by atoms with Gasteiger partial charge in [0.25, 0.3) is 5.91 Å². The molecule has 0 saturated heterocycles. The molecule has 0 aromatic carbocycles. The third-order valence-corrected chi connectivity index (χ3v) is 2.96. The highest BCUT2D eigenvalue weighted by atomic mass is 16.1. The molecule has 1 aromatic rings. The summed E-state index contributed by atoms with van der Waals surface area (Å²) >= 11 is 0. The third kappa shape index (κ3) is 3.70. The molecule has 0 saturated carbocycles. The van der Waals surface area contributed by atoms with Crippen LogP contribution in [-0.2, 0) is 0 Å². The summed E-state index contributed by atoms with van der Waals surface area (Å²) in [5.41, 5.74) is 6.41. The van der Waals surface area contributed by atoms with E-state index in [1.807, 2.05) is 14.1 Å². The standard InChI is InChI=1S/C13H22N4O/c1-9(2)11(17(3)4)8-16-13(18)12-10(14)6-5-7-15-12/h5-7,9,11H,8,14H2,1-4H3,(H,16,18). The lowest BCUT2D eigenvalue weighted by Crippen LogP contribution is -2.43. The quantitative estimate of drug-likeness (QED) is 0.817. The first kappa shape index (κ1) is 14.4. The summed E-state index contributed by atoms with van der Waals surface area (Å²) in [4.78, 5) is 18.0. The van der Waals surface area contributed by atoms with Crippen LogP contribution in [0.15, 0.2) is 18.3 Å². The van der Waals surface area contributed by atoms with Gasteiger partial charge in [-0.3, -0.25) is 4.79 Å². The van der Waals surface area contributed by atoms with E-state index in [-0.39, 0.29) is 5.91 Å². The molecule has 0 aliphatic carbocycles. The van der Waals surface area contributed by atoms with Crippen molar-refractivity contribution in [3.8, 4) is 0 Å². The predicted octanol–water partition coefficient (Wildman–Crippen LogP) is 0.980. The Labute approximate surface area is 108 Å². The maximum atomic E-state index is 11.9. The van der Waals surface area contributed by atoms with Crippen molar-refractivity contribution < 1.29 is 4.79 Å². The molecule has 0 fully saturated rings. The van der Waals surface area contributed by atoms with Crippen molar-refractivity contribution in [3.63, 3.8) is 0 Å². The molecule has 0 aliphatic rings. The highest BCUT2D eigenvalue weighted by Crippen LogP contribution is 2.08. The van der Waals surface area contributed by atoms with E-state index in [4.69, 9.17) is 5.73 Å². The van der Waals surface area contributed by atoms with E-state index >= 15 is 0 Å². The number of amides is 1. The molecule has 1 rings (SSSR count). The fourth-order valence-corrected chi connectivity index (χ4v) is 1.90. The summed E-state index contributed by atoms with van der Waals surface area (Å²) < 4.78 is 0. The average molecular weight is 250 g/mol. The summed E-state index contributed by atoms with van der Waals surface area (Å²) in [5.74, 6) is 0.238. The number of rotatable bonds is 5. The molecule has 1 unspecified atom stereocenters. The van der Waals surface area contributed by atoms with Gasteiger partial charge in [0.05, 0.1) is 5.69 Å². The number of nitrogens with two attached hydrogens (primary N) is 1. The van der Waals surface area contributed by atoms with Crippen molar-refractivity contribution in [3.05, 3.63) is 24.0 Å². The van der Waals surface area contributed by atoms with Gasteiger partial charge >= 0.3 is 0 Å². The number of anilines is 1. The van der Waals surface area contributed by atoms with Crippen LogP contribution in [0.2, 0.25) is 0 Å². The number of carbonyl (C=O) groups excluding carboxylic acids is 1. The summed E-state index contributed by atoms with van der Waals surface area (Å²) in [5, 5.41) is 2.88. The number of aromatic nitrogens is 1. The number of likely N-dealkylation sites (N-methyl/N-ethyl adjacent to an activating group) is 1. The van der Waals surface area contributed by atoms with Crippen LogP contribution in [0, 0.1) is 5.92 Å². The van der Waals surface area contributed by atoms with E-state index in [1.165, 1.54) is 0 Å². The number of hydrogen-bond donors (Lipinski definition) is 2. The van der Waals surface area contributed by atoms with Crippen LogP contribution in [0.5, 0.6) is 0 Å². The van der Waals surface area contributed by atoms with E-state index in [2.05, 4.69) is 29.0 Å². The minimum Gasteiger partial charge on any atom is -0.397 e. The smallest absolute Gasteiger partial charge is 0.272 e. The number of nitrogens with one attached hydrogen (secondary N) is 1. The molecule has 100 valence electrons. The van der Waals surface area contributed by atoms with Gasteiger partial charge in [0.15, 0.2) is 5.69 Å². The number of nitrogens with zero attached hydrogens (tertiary/aromatic N) is 2. The van der Waals surface area contributed by atoms with Gasteiger partial charge in [-0.1, -0.05) is 13.8 Å². The lowest BCUT2D eigenvalue weighted by molar-refractivity contribution is 0.0930. The number of hydrogen-bond acceptors (Lipinski definition) is 4. The van der Waals surface area contributed by atoms with Gasteiger partial charge in [0.2, 0.25) is 0 Å². The zero-order valence-corrected chi connectivity index (χ0v) is 11.5. The van der Waals surface area contributed by atoms with Gasteiger partial charge in [0, 0.05) is 18.8 Å². The van der Waals surface area contributed by atoms with E-state index in [1.54, 1.807) is 18.3 Å². The van der Waals surface area contributed by atoms with Gasteiger partial charge in [-0.2, -0.15) is 0 Å². The first-order chi connectivity index (χ1) is 8.43. The molecule has 0 aliphatic heterocycles. The molecule has 1 heterocycles. The molecule has 1 aromatic heterocycles. The van der Waals surface area contributed by atoms with Gasteiger partial charge in [-0.05, 0) is 32.1 Å². The molecule has 1 amide bonds. The van der Waals surface area contributed by atoms with Crippen molar-refractivity contribution in [1.82, 2.24) is 15.2 Å². The third-order valence-electron chi connectivity index (χ3n) is 2.96. The zero-order chi connectivity index (χ0) is 13.7. The second-order valence-electron chi connectivity index (χ2n) is 4.93. The summed E-state index contributed by atoms with van der Waals surface area (Å²) in [6.07, 6.45) is 1.57. The van der Waals surface area contributed by atoms with E-state index in [0.29, 0.717) is 29.9 Å². The highest BCUT2D eigenvalue weighted by Gasteiger charge is 2.18. The van der Waals surface area contributed by atoms with Gasteiger partial charge in [-0.25, -0.2) is 4.98 Å². The number of nitrogen functional groups attached to an aromatic ring is 1. The Balaban J connectivity index is 2.64. The summed E-state index contributed by atoms with van der Waals surface area (Å²) in [7, 11) is 4.01. The lowest BCUT2D eigenvalue weighted by atomic mass is 10.0. The highest BCUT2D eigenvalue weighted by molar-refractivity contribution is 5.96. The number of carbonyl (C=O) groups is 1. The van der Waals surface area contributed by atoms with Crippen molar-refractivity contribution >= 4 is 11.6 Å². The Kier molecular flexibility index (Phi) is 5.09. The molecule has 18 heavy (non-hydrogen) atoms. The Hall–Kier alpha value is -1.62. The molecular formula is C13H22N4O. The topological polar surface area (TPSA) is 71.2 Å². The molecule has 0 radical (unpaired) electrons. The first-order valence-corrected chi connectivity index (χ1v) is 6.08.